The Hall–Kier alpha value is -0.460. The molecule has 0 aliphatic rings. The molecule has 0 unspecified atom stereocenters. The Balaban J connectivity index is 4.24. The lowest BCUT2D eigenvalue weighted by Crippen LogP contribution is -1.64. The highest BCUT2D eigenvalue weighted by Gasteiger charge is 1.85. The molecule has 0 fully saturated rings. The molecule has 0 rings (SSSR count). The molecule has 10 heavy (non-hydrogen) atoms. The molecule has 0 heterocycles. The third-order valence-corrected chi connectivity index (χ3v) is 1.25. The Morgan fingerprint density at radius 3 is 2.10 bits per heavy atom. The Bertz CT molecular complexity index is 187. The van der Waals surface area contributed by atoms with Gasteiger partial charge in [-0.05, 0) is 12.2 Å². The highest BCUT2D eigenvalue weighted by atomic mass is 35.5. The van der Waals surface area contributed by atoms with Crippen LogP contribution in [0.3, 0.4) is 0 Å². The summed E-state index contributed by atoms with van der Waals surface area (Å²) >= 11 is 11.2. The lowest BCUT2D eigenvalue weighted by atomic mass is 10.4. The summed E-state index contributed by atoms with van der Waals surface area (Å²) in [6.07, 6.45) is 6.35. The third kappa shape index (κ3) is 4.42. The second-order valence-electron chi connectivity index (χ2n) is 1.52. The highest BCUT2D eigenvalue weighted by Crippen LogP contribution is 2.10. The largest absolute Gasteiger partial charge is 0.0990 e. The van der Waals surface area contributed by atoms with Crippen LogP contribution in [-0.4, -0.2) is 0 Å². The minimum Gasteiger partial charge on any atom is -0.0990 e. The van der Waals surface area contributed by atoms with Crippen LogP contribution in [-0.2, 0) is 0 Å². The second kappa shape index (κ2) is 5.33. The van der Waals surface area contributed by atoms with Crippen molar-refractivity contribution in [2.24, 2.45) is 0 Å². The maximum absolute atomic E-state index is 5.64. The standard InChI is InChI=1S/C8H8Cl2/c1-3-5-8(10)6-7(9)4-2/h3-6H,1-2H2. The molecule has 0 nitrogen and oxygen atoms in total. The van der Waals surface area contributed by atoms with Crippen molar-refractivity contribution in [1.29, 1.82) is 0 Å². The van der Waals surface area contributed by atoms with E-state index in [0.717, 1.165) is 0 Å². The summed E-state index contributed by atoms with van der Waals surface area (Å²) in [5.41, 5.74) is 0. The maximum atomic E-state index is 5.64. The van der Waals surface area contributed by atoms with Gasteiger partial charge in [0.05, 0.1) is 0 Å². The number of rotatable bonds is 3. The fraction of sp³-hybridized carbons (Fsp3) is 0. The molecule has 0 aliphatic heterocycles. The highest BCUT2D eigenvalue weighted by molar-refractivity contribution is 6.35. The Kier molecular flexibility index (Phi) is 5.09. The monoisotopic (exact) mass is 174 g/mol. The van der Waals surface area contributed by atoms with Crippen molar-refractivity contribution >= 4 is 23.2 Å². The van der Waals surface area contributed by atoms with E-state index < -0.39 is 0 Å². The fourth-order valence-electron chi connectivity index (χ4n) is 0.351. The summed E-state index contributed by atoms with van der Waals surface area (Å²) in [7, 11) is 0. The molecule has 54 valence electrons. The van der Waals surface area contributed by atoms with E-state index in [4.69, 9.17) is 23.2 Å². The second-order valence-corrected chi connectivity index (χ2v) is 2.39. The number of halogens is 2. The van der Waals surface area contributed by atoms with Gasteiger partial charge in [-0.3, -0.25) is 0 Å². The first kappa shape index (κ1) is 9.54. The van der Waals surface area contributed by atoms with Gasteiger partial charge in [0.15, 0.2) is 0 Å². The zero-order valence-electron chi connectivity index (χ0n) is 5.48. The van der Waals surface area contributed by atoms with E-state index >= 15 is 0 Å². The molecule has 0 saturated heterocycles. The van der Waals surface area contributed by atoms with E-state index in [1.54, 1.807) is 18.2 Å². The summed E-state index contributed by atoms with van der Waals surface area (Å²) in [5.74, 6) is 0. The first-order chi connectivity index (χ1) is 4.70. The summed E-state index contributed by atoms with van der Waals surface area (Å²) in [4.78, 5) is 0. The quantitative estimate of drug-likeness (QED) is 0.574. The van der Waals surface area contributed by atoms with Gasteiger partial charge >= 0.3 is 0 Å². The molecular formula is C8H8Cl2. The van der Waals surface area contributed by atoms with Crippen LogP contribution in [0, 0.1) is 0 Å². The predicted octanol–water partition coefficient (Wildman–Crippen LogP) is 3.60. The van der Waals surface area contributed by atoms with Crippen molar-refractivity contribution in [3.05, 3.63) is 47.5 Å². The van der Waals surface area contributed by atoms with Gasteiger partial charge in [-0.2, -0.15) is 0 Å². The summed E-state index contributed by atoms with van der Waals surface area (Å²) in [5, 5.41) is 1.06. The summed E-state index contributed by atoms with van der Waals surface area (Å²) in [6, 6.07) is 0. The van der Waals surface area contributed by atoms with Crippen molar-refractivity contribution < 1.29 is 0 Å². The van der Waals surface area contributed by atoms with E-state index in [9.17, 15) is 0 Å². The zero-order chi connectivity index (χ0) is 7.98. The van der Waals surface area contributed by atoms with Crippen LogP contribution in [0.4, 0.5) is 0 Å². The molecule has 0 N–H and O–H groups in total. The van der Waals surface area contributed by atoms with Crippen LogP contribution in [0.2, 0.25) is 0 Å². The van der Waals surface area contributed by atoms with E-state index in [2.05, 4.69) is 13.2 Å². The van der Waals surface area contributed by atoms with E-state index in [0.29, 0.717) is 10.1 Å². The van der Waals surface area contributed by atoms with Crippen molar-refractivity contribution in [3.8, 4) is 0 Å². The number of hydrogen-bond donors (Lipinski definition) is 0. The third-order valence-electron chi connectivity index (χ3n) is 0.748. The first-order valence-corrected chi connectivity index (χ1v) is 3.44. The molecule has 0 aromatic rings. The normalized spacial score (nSPS) is 13.0. The van der Waals surface area contributed by atoms with Crippen LogP contribution >= 0.6 is 23.2 Å². The molecular weight excluding hydrogens is 167 g/mol. The van der Waals surface area contributed by atoms with Gasteiger partial charge in [0.1, 0.15) is 0 Å². The molecule has 0 aliphatic carbocycles. The average molecular weight is 175 g/mol. The smallest absolute Gasteiger partial charge is 0.0420 e. The Labute approximate surface area is 71.1 Å². The molecule has 0 aromatic heterocycles. The van der Waals surface area contributed by atoms with Crippen LogP contribution < -0.4 is 0 Å². The van der Waals surface area contributed by atoms with Crippen LogP contribution in [0.15, 0.2) is 47.5 Å². The van der Waals surface area contributed by atoms with E-state index in [1.807, 2.05) is 0 Å². The topological polar surface area (TPSA) is 0 Å². The first-order valence-electron chi connectivity index (χ1n) is 2.68. The van der Waals surface area contributed by atoms with Crippen molar-refractivity contribution in [3.63, 3.8) is 0 Å². The van der Waals surface area contributed by atoms with E-state index in [-0.39, 0.29) is 0 Å². The zero-order valence-corrected chi connectivity index (χ0v) is 6.99. The molecule has 0 bridgehead atoms. The van der Waals surface area contributed by atoms with Crippen LogP contribution in [0.5, 0.6) is 0 Å². The Morgan fingerprint density at radius 1 is 1.10 bits per heavy atom. The van der Waals surface area contributed by atoms with Crippen molar-refractivity contribution in [1.82, 2.24) is 0 Å². The number of allylic oxidation sites excluding steroid dienone is 6. The van der Waals surface area contributed by atoms with Crippen LogP contribution in [0.1, 0.15) is 0 Å². The lowest BCUT2D eigenvalue weighted by Gasteiger charge is -1.86. The predicted molar refractivity (Wildman–Crippen MR) is 48.3 cm³/mol. The summed E-state index contributed by atoms with van der Waals surface area (Å²) < 4.78 is 0. The van der Waals surface area contributed by atoms with Gasteiger partial charge in [0, 0.05) is 10.1 Å². The number of hydrogen-bond acceptors (Lipinski definition) is 0. The minimum absolute atomic E-state index is 0.517. The van der Waals surface area contributed by atoms with Crippen molar-refractivity contribution in [2.75, 3.05) is 0 Å². The molecule has 0 aromatic carbocycles. The van der Waals surface area contributed by atoms with Gasteiger partial charge in [-0.15, -0.1) is 0 Å². The van der Waals surface area contributed by atoms with Gasteiger partial charge in [-0.1, -0.05) is 48.5 Å². The van der Waals surface area contributed by atoms with E-state index in [1.165, 1.54) is 6.08 Å². The van der Waals surface area contributed by atoms with Crippen molar-refractivity contribution in [2.45, 2.75) is 0 Å². The molecule has 2 heteroatoms. The molecule has 0 atom stereocenters. The van der Waals surface area contributed by atoms with Gasteiger partial charge in [0.25, 0.3) is 0 Å². The molecule has 0 saturated carbocycles. The SMILES string of the molecule is C=CC=C(Cl)C=C(Cl)C=C. The summed E-state index contributed by atoms with van der Waals surface area (Å²) in [6.45, 7) is 6.94. The molecule has 0 amide bonds. The molecule has 0 spiro atoms. The van der Waals surface area contributed by atoms with Gasteiger partial charge < -0.3 is 0 Å². The Morgan fingerprint density at radius 2 is 1.70 bits per heavy atom. The fourth-order valence-corrected chi connectivity index (χ4v) is 0.731. The maximum Gasteiger partial charge on any atom is 0.0420 e. The average Bonchev–Trinajstić information content (AvgIpc) is 1.88. The van der Waals surface area contributed by atoms with Gasteiger partial charge in [-0.25, -0.2) is 0 Å². The minimum atomic E-state index is 0.517. The molecule has 0 radical (unpaired) electrons. The van der Waals surface area contributed by atoms with Gasteiger partial charge in [0.2, 0.25) is 0 Å². The van der Waals surface area contributed by atoms with Crippen LogP contribution in [0.25, 0.3) is 0 Å². The lowest BCUT2D eigenvalue weighted by molar-refractivity contribution is 1.81.